The third-order valence-electron chi connectivity index (χ3n) is 2.86. The summed E-state index contributed by atoms with van der Waals surface area (Å²) in [5.74, 6) is -0.907. The molecule has 1 heterocycles. The Morgan fingerprint density at radius 3 is 2.79 bits per heavy atom. The fourth-order valence-corrected chi connectivity index (χ4v) is 1.79. The Balaban J connectivity index is 2.08. The number of aromatic nitrogens is 2. The smallest absolute Gasteiger partial charge is 0.336 e. The number of benzene rings is 1. The van der Waals surface area contributed by atoms with E-state index in [1.165, 1.54) is 0 Å². The molecule has 0 bridgehead atoms. The zero-order chi connectivity index (χ0) is 13.8. The number of hydrogen-bond acceptors (Lipinski definition) is 3. The number of anilines is 1. The first-order chi connectivity index (χ1) is 9.08. The summed E-state index contributed by atoms with van der Waals surface area (Å²) in [6.45, 7) is 4.57. The van der Waals surface area contributed by atoms with Crippen LogP contribution in [0.3, 0.4) is 0 Å². The first-order valence-electron chi connectivity index (χ1n) is 6.17. The minimum Gasteiger partial charge on any atom is -0.478 e. The summed E-state index contributed by atoms with van der Waals surface area (Å²) in [5.41, 5.74) is 1.97. The highest BCUT2D eigenvalue weighted by Crippen LogP contribution is 2.14. The van der Waals surface area contributed by atoms with Crippen LogP contribution in [0.15, 0.2) is 36.7 Å². The number of carboxylic acid groups (broad SMARTS) is 1. The second-order valence-corrected chi connectivity index (χ2v) is 4.62. The van der Waals surface area contributed by atoms with E-state index in [9.17, 15) is 4.79 Å². The number of carboxylic acids is 1. The van der Waals surface area contributed by atoms with Gasteiger partial charge in [-0.25, -0.2) is 4.79 Å². The lowest BCUT2D eigenvalue weighted by Gasteiger charge is -2.07. The standard InChI is InChI=1S/C14H17N3O2/c1-10(2)17-9-12(8-16-17)15-7-11-5-3-4-6-13(11)14(18)19/h3-6,8-10,15H,7H2,1-2H3,(H,18,19). The van der Waals surface area contributed by atoms with Gasteiger partial charge in [-0.3, -0.25) is 4.68 Å². The molecule has 0 atom stereocenters. The van der Waals surface area contributed by atoms with E-state index in [0.29, 0.717) is 18.2 Å². The van der Waals surface area contributed by atoms with E-state index in [1.807, 2.05) is 23.0 Å². The number of nitrogens with one attached hydrogen (secondary N) is 1. The molecule has 2 rings (SSSR count). The number of hydrogen-bond donors (Lipinski definition) is 2. The van der Waals surface area contributed by atoms with Crippen LogP contribution in [0.4, 0.5) is 5.69 Å². The first kappa shape index (κ1) is 13.1. The molecule has 0 spiro atoms. The van der Waals surface area contributed by atoms with Gasteiger partial charge in [-0.05, 0) is 25.5 Å². The van der Waals surface area contributed by atoms with E-state index in [-0.39, 0.29) is 0 Å². The molecule has 0 radical (unpaired) electrons. The van der Waals surface area contributed by atoms with Crippen LogP contribution in [-0.2, 0) is 6.54 Å². The molecule has 0 fully saturated rings. The molecule has 0 saturated heterocycles. The second kappa shape index (κ2) is 5.56. The number of aromatic carboxylic acids is 1. The Labute approximate surface area is 111 Å². The molecule has 0 aliphatic heterocycles. The normalized spacial score (nSPS) is 10.7. The van der Waals surface area contributed by atoms with Crippen LogP contribution in [0.2, 0.25) is 0 Å². The van der Waals surface area contributed by atoms with Crippen molar-refractivity contribution in [2.75, 3.05) is 5.32 Å². The highest BCUT2D eigenvalue weighted by Gasteiger charge is 2.09. The van der Waals surface area contributed by atoms with Crippen molar-refractivity contribution in [3.8, 4) is 0 Å². The zero-order valence-corrected chi connectivity index (χ0v) is 11.0. The lowest BCUT2D eigenvalue weighted by atomic mass is 10.1. The molecule has 2 N–H and O–H groups in total. The average molecular weight is 259 g/mol. The third kappa shape index (κ3) is 3.13. The van der Waals surface area contributed by atoms with Gasteiger partial charge in [0.2, 0.25) is 0 Å². The van der Waals surface area contributed by atoms with E-state index in [2.05, 4.69) is 24.3 Å². The second-order valence-electron chi connectivity index (χ2n) is 4.62. The van der Waals surface area contributed by atoms with Gasteiger partial charge < -0.3 is 10.4 Å². The number of carbonyl (C=O) groups is 1. The summed E-state index contributed by atoms with van der Waals surface area (Å²) in [6.07, 6.45) is 3.65. The maximum absolute atomic E-state index is 11.1. The topological polar surface area (TPSA) is 67.2 Å². The number of rotatable bonds is 5. The SMILES string of the molecule is CC(C)n1cc(NCc2ccccc2C(=O)O)cn1. The van der Waals surface area contributed by atoms with Gasteiger partial charge in [0.15, 0.2) is 0 Å². The molecular weight excluding hydrogens is 242 g/mol. The van der Waals surface area contributed by atoms with Crippen molar-refractivity contribution < 1.29 is 9.90 Å². The summed E-state index contributed by atoms with van der Waals surface area (Å²) in [4.78, 5) is 11.1. The van der Waals surface area contributed by atoms with Crippen molar-refractivity contribution in [1.29, 1.82) is 0 Å². The van der Waals surface area contributed by atoms with Gasteiger partial charge in [0.05, 0.1) is 17.4 Å². The van der Waals surface area contributed by atoms with Gasteiger partial charge in [0, 0.05) is 18.8 Å². The summed E-state index contributed by atoms with van der Waals surface area (Å²) in [5, 5.41) is 16.5. The van der Waals surface area contributed by atoms with Gasteiger partial charge in [-0.2, -0.15) is 5.10 Å². The van der Waals surface area contributed by atoms with Crippen molar-refractivity contribution >= 4 is 11.7 Å². The summed E-state index contributed by atoms with van der Waals surface area (Å²) >= 11 is 0. The van der Waals surface area contributed by atoms with Crippen LogP contribution < -0.4 is 5.32 Å². The highest BCUT2D eigenvalue weighted by atomic mass is 16.4. The predicted molar refractivity (Wildman–Crippen MR) is 73.3 cm³/mol. The van der Waals surface area contributed by atoms with Crippen LogP contribution in [0, 0.1) is 0 Å². The molecule has 100 valence electrons. The molecule has 1 aromatic heterocycles. The third-order valence-corrected chi connectivity index (χ3v) is 2.86. The molecule has 0 unspecified atom stereocenters. The van der Waals surface area contributed by atoms with Gasteiger partial charge in [-0.1, -0.05) is 18.2 Å². The molecule has 2 aromatic rings. The predicted octanol–water partition coefficient (Wildman–Crippen LogP) is 2.77. The lowest BCUT2D eigenvalue weighted by Crippen LogP contribution is -2.06. The molecule has 5 heteroatoms. The fraction of sp³-hybridized carbons (Fsp3) is 0.286. The Hall–Kier alpha value is -2.30. The van der Waals surface area contributed by atoms with E-state index in [1.54, 1.807) is 18.3 Å². The van der Waals surface area contributed by atoms with Gasteiger partial charge in [-0.15, -0.1) is 0 Å². The largest absolute Gasteiger partial charge is 0.478 e. The number of nitrogens with zero attached hydrogens (tertiary/aromatic N) is 2. The molecule has 5 nitrogen and oxygen atoms in total. The van der Waals surface area contributed by atoms with Gasteiger partial charge in [0.25, 0.3) is 0 Å². The maximum atomic E-state index is 11.1. The monoisotopic (exact) mass is 259 g/mol. The average Bonchev–Trinajstić information content (AvgIpc) is 2.85. The molecule has 0 saturated carbocycles. The van der Waals surface area contributed by atoms with Crippen molar-refractivity contribution in [2.45, 2.75) is 26.4 Å². The van der Waals surface area contributed by atoms with Gasteiger partial charge in [0.1, 0.15) is 0 Å². The molecule has 0 amide bonds. The van der Waals surface area contributed by atoms with Crippen molar-refractivity contribution in [2.24, 2.45) is 0 Å². The van der Waals surface area contributed by atoms with E-state index in [0.717, 1.165) is 11.3 Å². The molecule has 19 heavy (non-hydrogen) atoms. The maximum Gasteiger partial charge on any atom is 0.336 e. The summed E-state index contributed by atoms with van der Waals surface area (Å²) in [7, 11) is 0. The summed E-state index contributed by atoms with van der Waals surface area (Å²) in [6, 6.07) is 7.28. The van der Waals surface area contributed by atoms with Crippen LogP contribution in [-0.4, -0.2) is 20.9 Å². The molecule has 0 aliphatic carbocycles. The van der Waals surface area contributed by atoms with E-state index < -0.39 is 5.97 Å². The van der Waals surface area contributed by atoms with Crippen LogP contribution in [0.25, 0.3) is 0 Å². The highest BCUT2D eigenvalue weighted by molar-refractivity contribution is 5.89. The van der Waals surface area contributed by atoms with Crippen molar-refractivity contribution in [3.05, 3.63) is 47.8 Å². The van der Waals surface area contributed by atoms with Crippen LogP contribution >= 0.6 is 0 Å². The van der Waals surface area contributed by atoms with Crippen LogP contribution in [0.5, 0.6) is 0 Å². The Kier molecular flexibility index (Phi) is 3.85. The Morgan fingerprint density at radius 1 is 1.42 bits per heavy atom. The van der Waals surface area contributed by atoms with Crippen molar-refractivity contribution in [3.63, 3.8) is 0 Å². The van der Waals surface area contributed by atoms with E-state index >= 15 is 0 Å². The zero-order valence-electron chi connectivity index (χ0n) is 11.0. The minimum atomic E-state index is -0.907. The van der Waals surface area contributed by atoms with E-state index in [4.69, 9.17) is 5.11 Å². The molecule has 0 aliphatic rings. The van der Waals surface area contributed by atoms with Crippen LogP contribution in [0.1, 0.15) is 35.8 Å². The lowest BCUT2D eigenvalue weighted by molar-refractivity contribution is 0.0696. The first-order valence-corrected chi connectivity index (χ1v) is 6.17. The molecular formula is C14H17N3O2. The van der Waals surface area contributed by atoms with Gasteiger partial charge >= 0.3 is 5.97 Å². The Morgan fingerprint density at radius 2 is 2.16 bits per heavy atom. The van der Waals surface area contributed by atoms with Crippen molar-refractivity contribution in [1.82, 2.24) is 9.78 Å². The fourth-order valence-electron chi connectivity index (χ4n) is 1.79. The Bertz CT molecular complexity index is 576. The quantitative estimate of drug-likeness (QED) is 0.866. The molecule has 1 aromatic carbocycles. The minimum absolute atomic E-state index is 0.307. The summed E-state index contributed by atoms with van der Waals surface area (Å²) < 4.78 is 1.85.